The fourth-order valence-corrected chi connectivity index (χ4v) is 3.62. The third kappa shape index (κ3) is 3.78. The van der Waals surface area contributed by atoms with E-state index in [1.807, 2.05) is 68.4 Å². The normalized spacial score (nSPS) is 11.5. The van der Waals surface area contributed by atoms with Gasteiger partial charge in [0.15, 0.2) is 5.65 Å². The van der Waals surface area contributed by atoms with E-state index in [2.05, 4.69) is 15.4 Å². The lowest BCUT2D eigenvalue weighted by atomic mass is 10.1. The number of rotatable bonds is 4. The van der Waals surface area contributed by atoms with Crippen LogP contribution >= 0.6 is 0 Å². The molecule has 0 fully saturated rings. The van der Waals surface area contributed by atoms with E-state index < -0.39 is 0 Å². The first-order valence-electron chi connectivity index (χ1n) is 10.4. The van der Waals surface area contributed by atoms with E-state index in [1.54, 1.807) is 18.6 Å². The highest BCUT2D eigenvalue weighted by Gasteiger charge is 2.24. The molecule has 2 aromatic carbocycles. The smallest absolute Gasteiger partial charge is 0.261 e. The van der Waals surface area contributed by atoms with Crippen molar-refractivity contribution in [3.63, 3.8) is 0 Å². The van der Waals surface area contributed by atoms with Gasteiger partial charge < -0.3 is 11.1 Å². The summed E-state index contributed by atoms with van der Waals surface area (Å²) in [5.74, 6) is -0.206. The molecule has 8 heteroatoms. The number of nitrogens with two attached hydrogens (primary N) is 1. The molecule has 5 aromatic rings. The van der Waals surface area contributed by atoms with Crippen LogP contribution in [0.15, 0.2) is 72.1 Å². The Hall–Kier alpha value is -4.59. The summed E-state index contributed by atoms with van der Waals surface area (Å²) in [7, 11) is 0. The first-order chi connectivity index (χ1) is 16.0. The molecule has 0 unspecified atom stereocenters. The van der Waals surface area contributed by atoms with Gasteiger partial charge in [0.2, 0.25) is 0 Å². The van der Waals surface area contributed by atoms with Crippen LogP contribution in [0, 0.1) is 13.8 Å². The summed E-state index contributed by atoms with van der Waals surface area (Å²) < 4.78 is 1.45. The van der Waals surface area contributed by atoms with Crippen molar-refractivity contribution in [3.8, 4) is 0 Å². The van der Waals surface area contributed by atoms with Crippen LogP contribution in [0.1, 0.15) is 27.0 Å². The Bertz CT molecular complexity index is 1540. The quantitative estimate of drug-likeness (QED) is 0.409. The molecule has 0 atom stereocenters. The third-order valence-electron chi connectivity index (χ3n) is 5.37. The molecule has 3 N–H and O–H groups in total. The van der Waals surface area contributed by atoms with Crippen LogP contribution < -0.4 is 11.1 Å². The van der Waals surface area contributed by atoms with E-state index in [4.69, 9.17) is 15.7 Å². The molecular formula is C25H21N7O. The lowest BCUT2D eigenvalue weighted by Gasteiger charge is -2.09. The number of fused-ring (bicyclic) bond motifs is 2. The zero-order valence-electron chi connectivity index (χ0n) is 18.1. The number of para-hydroxylation sites is 2. The van der Waals surface area contributed by atoms with E-state index in [1.165, 1.54) is 4.68 Å². The molecule has 0 aliphatic carbocycles. The van der Waals surface area contributed by atoms with Crippen molar-refractivity contribution in [2.45, 2.75) is 13.8 Å². The highest BCUT2D eigenvalue weighted by Crippen LogP contribution is 2.29. The summed E-state index contributed by atoms with van der Waals surface area (Å²) in [6, 6.07) is 17.0. The average molecular weight is 435 g/mol. The van der Waals surface area contributed by atoms with Crippen molar-refractivity contribution in [3.05, 3.63) is 89.2 Å². The Balaban J connectivity index is 1.68. The molecule has 0 saturated heterocycles. The largest absolute Gasteiger partial charge is 0.383 e. The average Bonchev–Trinajstić information content (AvgIpc) is 3.09. The number of hydrogen-bond donors (Lipinski definition) is 2. The maximum atomic E-state index is 13.4. The van der Waals surface area contributed by atoms with Gasteiger partial charge in [-0.3, -0.25) is 9.78 Å². The molecule has 3 aromatic heterocycles. The van der Waals surface area contributed by atoms with E-state index in [0.29, 0.717) is 27.9 Å². The number of anilines is 2. The van der Waals surface area contributed by atoms with Gasteiger partial charge in [0, 0.05) is 18.1 Å². The minimum atomic E-state index is -0.367. The van der Waals surface area contributed by atoms with E-state index in [0.717, 1.165) is 16.7 Å². The number of nitrogens with zero attached hydrogens (tertiary/aromatic N) is 5. The predicted octanol–water partition coefficient (Wildman–Crippen LogP) is 4.31. The SMILES string of the molecule is Cc1ccc(C)c(NC(=O)c2c(N)n(N=Cc3ccncc3)c3nc4ccccc4nc23)c1. The van der Waals surface area contributed by atoms with Gasteiger partial charge in [0.05, 0.1) is 17.2 Å². The molecule has 5 rings (SSSR count). The van der Waals surface area contributed by atoms with Gasteiger partial charge in [0.1, 0.15) is 16.9 Å². The number of carbonyl (C=O) groups is 1. The number of nitrogens with one attached hydrogen (secondary N) is 1. The number of aryl methyl sites for hydroxylation is 2. The molecule has 33 heavy (non-hydrogen) atoms. The lowest BCUT2D eigenvalue weighted by molar-refractivity contribution is 0.102. The highest BCUT2D eigenvalue weighted by molar-refractivity contribution is 6.16. The number of aromatic nitrogens is 4. The van der Waals surface area contributed by atoms with Gasteiger partial charge >= 0.3 is 0 Å². The van der Waals surface area contributed by atoms with Crippen LogP contribution in [0.4, 0.5) is 11.5 Å². The predicted molar refractivity (Wildman–Crippen MR) is 131 cm³/mol. The second-order valence-electron chi connectivity index (χ2n) is 7.75. The van der Waals surface area contributed by atoms with Crippen LogP contribution in [0.2, 0.25) is 0 Å². The number of pyridine rings is 1. The van der Waals surface area contributed by atoms with E-state index >= 15 is 0 Å². The van der Waals surface area contributed by atoms with Crippen molar-refractivity contribution in [1.29, 1.82) is 0 Å². The number of amides is 1. The Morgan fingerprint density at radius 1 is 1.03 bits per heavy atom. The van der Waals surface area contributed by atoms with Crippen molar-refractivity contribution in [2.24, 2.45) is 5.10 Å². The maximum Gasteiger partial charge on any atom is 0.261 e. The monoisotopic (exact) mass is 435 g/mol. The first-order valence-corrected chi connectivity index (χ1v) is 10.4. The van der Waals surface area contributed by atoms with Gasteiger partial charge in [-0.1, -0.05) is 24.3 Å². The standard InChI is InChI=1S/C25H21N7O/c1-15-7-8-16(2)20(13-15)31-25(33)21-22-24(30-19-6-4-3-5-18(19)29-22)32(23(21)26)28-14-17-9-11-27-12-10-17/h3-14H,26H2,1-2H3,(H,31,33). The number of nitrogen functional groups attached to an aromatic ring is 1. The van der Waals surface area contributed by atoms with Crippen molar-refractivity contribution in [1.82, 2.24) is 19.6 Å². The molecule has 0 bridgehead atoms. The molecule has 3 heterocycles. The second kappa shape index (κ2) is 8.16. The van der Waals surface area contributed by atoms with Gasteiger partial charge in [0.25, 0.3) is 5.91 Å². The van der Waals surface area contributed by atoms with Gasteiger partial charge in [-0.15, -0.1) is 0 Å². The summed E-state index contributed by atoms with van der Waals surface area (Å²) in [5, 5.41) is 7.48. The molecule has 0 spiro atoms. The van der Waals surface area contributed by atoms with Crippen LogP contribution in [0.3, 0.4) is 0 Å². The molecular weight excluding hydrogens is 414 g/mol. The lowest BCUT2D eigenvalue weighted by Crippen LogP contribution is -2.15. The topological polar surface area (TPSA) is 111 Å². The van der Waals surface area contributed by atoms with Crippen LogP contribution in [0.5, 0.6) is 0 Å². The van der Waals surface area contributed by atoms with Crippen molar-refractivity contribution < 1.29 is 4.79 Å². The first kappa shape index (κ1) is 20.3. The van der Waals surface area contributed by atoms with Gasteiger partial charge in [-0.2, -0.15) is 9.78 Å². The number of benzene rings is 2. The molecule has 0 radical (unpaired) electrons. The number of hydrogen-bond acceptors (Lipinski definition) is 6. The van der Waals surface area contributed by atoms with E-state index in [-0.39, 0.29) is 17.3 Å². The summed E-state index contributed by atoms with van der Waals surface area (Å²) in [6.45, 7) is 3.91. The fraction of sp³-hybridized carbons (Fsp3) is 0.0800. The molecule has 1 amide bonds. The maximum absolute atomic E-state index is 13.4. The highest BCUT2D eigenvalue weighted by atomic mass is 16.1. The Labute approximate surface area is 189 Å². The van der Waals surface area contributed by atoms with Crippen LogP contribution in [-0.4, -0.2) is 31.7 Å². The minimum absolute atomic E-state index is 0.161. The van der Waals surface area contributed by atoms with Crippen molar-refractivity contribution in [2.75, 3.05) is 11.1 Å². The Morgan fingerprint density at radius 2 is 1.76 bits per heavy atom. The van der Waals surface area contributed by atoms with Gasteiger partial charge in [-0.25, -0.2) is 9.97 Å². The third-order valence-corrected chi connectivity index (χ3v) is 5.37. The van der Waals surface area contributed by atoms with Crippen molar-refractivity contribution >= 4 is 45.8 Å². The van der Waals surface area contributed by atoms with Gasteiger partial charge in [-0.05, 0) is 60.9 Å². The Kier molecular flexibility index (Phi) is 5.02. The fourth-order valence-electron chi connectivity index (χ4n) is 3.62. The van der Waals surface area contributed by atoms with Crippen LogP contribution in [-0.2, 0) is 0 Å². The zero-order valence-corrected chi connectivity index (χ0v) is 18.1. The van der Waals surface area contributed by atoms with E-state index in [9.17, 15) is 4.79 Å². The summed E-state index contributed by atoms with van der Waals surface area (Å²) in [5.41, 5.74) is 12.4. The molecule has 8 nitrogen and oxygen atoms in total. The summed E-state index contributed by atoms with van der Waals surface area (Å²) in [4.78, 5) is 26.8. The zero-order chi connectivity index (χ0) is 22.9. The second-order valence-corrected chi connectivity index (χ2v) is 7.75. The summed E-state index contributed by atoms with van der Waals surface area (Å²) in [6.07, 6.45) is 4.99. The minimum Gasteiger partial charge on any atom is -0.383 e. The molecule has 162 valence electrons. The molecule has 0 aliphatic rings. The van der Waals surface area contributed by atoms with Crippen LogP contribution in [0.25, 0.3) is 22.2 Å². The summed E-state index contributed by atoms with van der Waals surface area (Å²) >= 11 is 0. The Morgan fingerprint density at radius 3 is 2.52 bits per heavy atom. The number of carbonyl (C=O) groups excluding carboxylic acids is 1. The molecule has 0 saturated carbocycles. The molecule has 0 aliphatic heterocycles.